The summed E-state index contributed by atoms with van der Waals surface area (Å²) < 4.78 is 0. The van der Waals surface area contributed by atoms with Crippen LogP contribution in [0.3, 0.4) is 0 Å². The number of rotatable bonds is 3. The van der Waals surface area contributed by atoms with Gasteiger partial charge in [-0.1, -0.05) is 78.9 Å². The Morgan fingerprint density at radius 1 is 0.522 bits per heavy atom. The summed E-state index contributed by atoms with van der Waals surface area (Å²) in [6.07, 6.45) is 0. The van der Waals surface area contributed by atoms with Gasteiger partial charge in [-0.2, -0.15) is 0 Å². The van der Waals surface area contributed by atoms with Gasteiger partial charge in [0.2, 0.25) is 0 Å². The highest BCUT2D eigenvalue weighted by Crippen LogP contribution is 2.35. The predicted octanol–water partition coefficient (Wildman–Crippen LogP) is 6.25. The summed E-state index contributed by atoms with van der Waals surface area (Å²) in [6.45, 7) is 0. The molecule has 4 rings (SSSR count). The zero-order chi connectivity index (χ0) is 15.5. The fourth-order valence-electron chi connectivity index (χ4n) is 2.98. The van der Waals surface area contributed by atoms with Crippen molar-refractivity contribution in [2.24, 2.45) is 0 Å². The van der Waals surface area contributed by atoms with Crippen LogP contribution >= 0.6 is 0 Å². The van der Waals surface area contributed by atoms with Crippen molar-refractivity contribution < 1.29 is 0 Å². The largest absolute Gasteiger partial charge is 0.355 e. The van der Waals surface area contributed by atoms with Gasteiger partial charge >= 0.3 is 0 Å². The molecule has 0 saturated carbocycles. The fourth-order valence-corrected chi connectivity index (χ4v) is 2.98. The lowest BCUT2D eigenvalue weighted by Crippen LogP contribution is -1.92. The molecule has 1 nitrogen and oxygen atoms in total. The molecule has 0 aliphatic carbocycles. The van der Waals surface area contributed by atoms with Crippen molar-refractivity contribution in [3.05, 3.63) is 97.1 Å². The Balaban J connectivity index is 1.91. The van der Waals surface area contributed by atoms with Gasteiger partial charge in [-0.25, -0.2) is 0 Å². The van der Waals surface area contributed by atoms with Gasteiger partial charge < -0.3 is 5.32 Å². The number of fused-ring (bicyclic) bond motifs is 1. The van der Waals surface area contributed by atoms with E-state index in [2.05, 4.69) is 84.2 Å². The van der Waals surface area contributed by atoms with E-state index in [0.29, 0.717) is 0 Å². The van der Waals surface area contributed by atoms with Crippen LogP contribution in [0.15, 0.2) is 97.1 Å². The Labute approximate surface area is 136 Å². The van der Waals surface area contributed by atoms with E-state index in [4.69, 9.17) is 0 Å². The van der Waals surface area contributed by atoms with Gasteiger partial charge in [0.1, 0.15) is 0 Å². The van der Waals surface area contributed by atoms with E-state index in [1.165, 1.54) is 21.9 Å². The van der Waals surface area contributed by atoms with Crippen LogP contribution in [0.25, 0.3) is 21.9 Å². The van der Waals surface area contributed by atoms with Crippen molar-refractivity contribution in [2.75, 3.05) is 5.32 Å². The standard InChI is InChI=1S/C22H17N/c1-3-9-17(10-4-1)20-15-7-11-18-12-8-16-21(22(18)20)23-19-13-5-2-6-14-19/h1-16,23H. The van der Waals surface area contributed by atoms with E-state index in [0.717, 1.165) is 11.4 Å². The first-order valence-corrected chi connectivity index (χ1v) is 7.81. The SMILES string of the molecule is c1ccc(Nc2cccc3cccc(-c4ccccc4)c23)cc1. The minimum absolute atomic E-state index is 1.10. The highest BCUT2D eigenvalue weighted by atomic mass is 14.9. The van der Waals surface area contributed by atoms with E-state index in [1.54, 1.807) is 0 Å². The zero-order valence-corrected chi connectivity index (χ0v) is 12.7. The Bertz CT molecular complexity index is 922. The van der Waals surface area contributed by atoms with Crippen LogP contribution in [0.2, 0.25) is 0 Å². The van der Waals surface area contributed by atoms with Crippen LogP contribution in [0, 0.1) is 0 Å². The number of nitrogens with one attached hydrogen (secondary N) is 1. The molecule has 0 fully saturated rings. The molecule has 0 atom stereocenters. The average Bonchev–Trinajstić information content (AvgIpc) is 2.63. The van der Waals surface area contributed by atoms with Crippen molar-refractivity contribution in [2.45, 2.75) is 0 Å². The highest BCUT2D eigenvalue weighted by Gasteiger charge is 2.08. The third kappa shape index (κ3) is 2.69. The Hall–Kier alpha value is -3.06. The molecule has 0 saturated heterocycles. The maximum atomic E-state index is 3.56. The van der Waals surface area contributed by atoms with Crippen LogP contribution in [0.4, 0.5) is 11.4 Å². The summed E-state index contributed by atoms with van der Waals surface area (Å²) in [6, 6.07) is 33.7. The molecule has 110 valence electrons. The third-order valence-electron chi connectivity index (χ3n) is 4.04. The minimum Gasteiger partial charge on any atom is -0.355 e. The fraction of sp³-hybridized carbons (Fsp3) is 0. The van der Waals surface area contributed by atoms with Gasteiger partial charge in [0.15, 0.2) is 0 Å². The lowest BCUT2D eigenvalue weighted by molar-refractivity contribution is 1.57. The van der Waals surface area contributed by atoms with Crippen molar-refractivity contribution >= 4 is 22.1 Å². The smallest absolute Gasteiger partial charge is 0.0470 e. The van der Waals surface area contributed by atoms with E-state index in [9.17, 15) is 0 Å². The summed E-state index contributed by atoms with van der Waals surface area (Å²) >= 11 is 0. The van der Waals surface area contributed by atoms with Crippen LogP contribution in [-0.2, 0) is 0 Å². The Morgan fingerprint density at radius 2 is 1.17 bits per heavy atom. The van der Waals surface area contributed by atoms with Crippen LogP contribution in [-0.4, -0.2) is 0 Å². The molecule has 0 aliphatic heterocycles. The summed E-state index contributed by atoms with van der Waals surface area (Å²) in [5.74, 6) is 0. The molecular formula is C22H17N. The molecule has 0 aliphatic rings. The van der Waals surface area contributed by atoms with Crippen LogP contribution in [0.5, 0.6) is 0 Å². The van der Waals surface area contributed by atoms with E-state index in [-0.39, 0.29) is 0 Å². The molecule has 4 aromatic carbocycles. The molecule has 1 heteroatoms. The molecule has 0 radical (unpaired) electrons. The molecule has 1 N–H and O–H groups in total. The van der Waals surface area contributed by atoms with Crippen molar-refractivity contribution in [3.8, 4) is 11.1 Å². The maximum Gasteiger partial charge on any atom is 0.0470 e. The molecule has 0 amide bonds. The molecule has 0 heterocycles. The van der Waals surface area contributed by atoms with Gasteiger partial charge in [0.05, 0.1) is 0 Å². The number of anilines is 2. The Morgan fingerprint density at radius 3 is 1.91 bits per heavy atom. The normalized spacial score (nSPS) is 10.6. The molecule has 0 unspecified atom stereocenters. The zero-order valence-electron chi connectivity index (χ0n) is 12.7. The molecular weight excluding hydrogens is 278 g/mol. The molecule has 0 aromatic heterocycles. The summed E-state index contributed by atoms with van der Waals surface area (Å²) in [7, 11) is 0. The van der Waals surface area contributed by atoms with E-state index >= 15 is 0 Å². The quantitative estimate of drug-likeness (QED) is 0.471. The summed E-state index contributed by atoms with van der Waals surface area (Å²) in [4.78, 5) is 0. The first-order valence-electron chi connectivity index (χ1n) is 7.81. The molecule has 0 spiro atoms. The van der Waals surface area contributed by atoms with E-state index < -0.39 is 0 Å². The summed E-state index contributed by atoms with van der Waals surface area (Å²) in [5, 5.41) is 6.05. The molecule has 4 aromatic rings. The number of hydrogen-bond acceptors (Lipinski definition) is 1. The van der Waals surface area contributed by atoms with Crippen LogP contribution < -0.4 is 5.32 Å². The minimum atomic E-state index is 1.10. The first-order chi connectivity index (χ1) is 11.4. The number of hydrogen-bond donors (Lipinski definition) is 1. The topological polar surface area (TPSA) is 12.0 Å². The second-order valence-electron chi connectivity index (χ2n) is 5.57. The van der Waals surface area contributed by atoms with E-state index in [1.807, 2.05) is 18.2 Å². The number of para-hydroxylation sites is 1. The third-order valence-corrected chi connectivity index (χ3v) is 4.04. The van der Waals surface area contributed by atoms with Gasteiger partial charge in [-0.05, 0) is 34.7 Å². The van der Waals surface area contributed by atoms with Gasteiger partial charge in [-0.15, -0.1) is 0 Å². The predicted molar refractivity (Wildman–Crippen MR) is 99.1 cm³/mol. The van der Waals surface area contributed by atoms with Gasteiger partial charge in [0.25, 0.3) is 0 Å². The number of benzene rings is 4. The van der Waals surface area contributed by atoms with Crippen molar-refractivity contribution in [1.82, 2.24) is 0 Å². The lowest BCUT2D eigenvalue weighted by atomic mass is 9.97. The summed E-state index contributed by atoms with van der Waals surface area (Å²) in [5.41, 5.74) is 4.72. The lowest BCUT2D eigenvalue weighted by Gasteiger charge is -2.14. The monoisotopic (exact) mass is 295 g/mol. The van der Waals surface area contributed by atoms with Gasteiger partial charge in [0, 0.05) is 16.8 Å². The highest BCUT2D eigenvalue weighted by molar-refractivity contribution is 6.05. The Kier molecular flexibility index (Phi) is 3.53. The van der Waals surface area contributed by atoms with Crippen LogP contribution in [0.1, 0.15) is 0 Å². The van der Waals surface area contributed by atoms with Gasteiger partial charge in [-0.3, -0.25) is 0 Å². The molecule has 0 bridgehead atoms. The maximum absolute atomic E-state index is 3.56. The second-order valence-corrected chi connectivity index (χ2v) is 5.57. The van der Waals surface area contributed by atoms with Crippen molar-refractivity contribution in [1.29, 1.82) is 0 Å². The van der Waals surface area contributed by atoms with Crippen molar-refractivity contribution in [3.63, 3.8) is 0 Å². The average molecular weight is 295 g/mol. The first kappa shape index (κ1) is 13.6. The second kappa shape index (κ2) is 5.98. The molecule has 23 heavy (non-hydrogen) atoms.